The van der Waals surface area contributed by atoms with Crippen LogP contribution in [0.4, 0.5) is 8.78 Å². The number of halogens is 2. The summed E-state index contributed by atoms with van der Waals surface area (Å²) in [4.78, 5) is 22.1. The van der Waals surface area contributed by atoms with Crippen LogP contribution < -0.4 is 5.32 Å². The van der Waals surface area contributed by atoms with Crippen molar-refractivity contribution in [2.24, 2.45) is 5.92 Å². The van der Waals surface area contributed by atoms with Crippen LogP contribution in [-0.2, 0) is 9.59 Å². The number of amides is 1. The highest BCUT2D eigenvalue weighted by atomic mass is 19.1. The molecule has 0 aromatic heterocycles. The fraction of sp³-hybridized carbons (Fsp3) is 0.273. The first-order valence-corrected chi connectivity index (χ1v) is 4.96. The zero-order chi connectivity index (χ0) is 12.6. The molecule has 1 amide bonds. The van der Waals surface area contributed by atoms with Crippen LogP contribution in [-0.4, -0.2) is 17.0 Å². The Morgan fingerprint density at radius 3 is 2.71 bits per heavy atom. The number of carboxylic acids is 1. The van der Waals surface area contributed by atoms with Gasteiger partial charge in [-0.1, -0.05) is 6.07 Å². The highest BCUT2D eigenvalue weighted by Crippen LogP contribution is 2.32. The van der Waals surface area contributed by atoms with Gasteiger partial charge in [-0.3, -0.25) is 9.59 Å². The summed E-state index contributed by atoms with van der Waals surface area (Å²) >= 11 is 0. The van der Waals surface area contributed by atoms with E-state index >= 15 is 0 Å². The van der Waals surface area contributed by atoms with Gasteiger partial charge in [0.05, 0.1) is 12.0 Å². The molecule has 2 atom stereocenters. The molecule has 0 bridgehead atoms. The Labute approximate surface area is 95.2 Å². The summed E-state index contributed by atoms with van der Waals surface area (Å²) < 4.78 is 26.2. The molecule has 2 N–H and O–H groups in total. The van der Waals surface area contributed by atoms with Crippen LogP contribution in [0.2, 0.25) is 0 Å². The maximum absolute atomic E-state index is 13.5. The van der Waals surface area contributed by atoms with Gasteiger partial charge in [-0.25, -0.2) is 8.78 Å². The fourth-order valence-corrected chi connectivity index (χ4v) is 1.93. The molecule has 0 radical (unpaired) electrons. The molecular weight excluding hydrogens is 232 g/mol. The molecule has 1 aromatic rings. The number of carbonyl (C=O) groups is 2. The second-order valence-corrected chi connectivity index (χ2v) is 3.86. The van der Waals surface area contributed by atoms with Crippen molar-refractivity contribution < 1.29 is 23.5 Å². The van der Waals surface area contributed by atoms with Gasteiger partial charge in [0, 0.05) is 18.1 Å². The lowest BCUT2D eigenvalue weighted by Gasteiger charge is -2.16. The molecule has 17 heavy (non-hydrogen) atoms. The van der Waals surface area contributed by atoms with Crippen molar-refractivity contribution in [2.45, 2.75) is 12.5 Å². The molecule has 4 nitrogen and oxygen atoms in total. The van der Waals surface area contributed by atoms with Crippen molar-refractivity contribution in [1.29, 1.82) is 0 Å². The summed E-state index contributed by atoms with van der Waals surface area (Å²) in [5.41, 5.74) is -0.00958. The van der Waals surface area contributed by atoms with E-state index in [4.69, 9.17) is 5.11 Å². The number of benzene rings is 1. The standard InChI is InChI=1S/C11H9F2NO3/c12-5-1-2-6(8(13)3-5)10-7(11(16)17)4-9(15)14-10/h1-3,7,10H,4H2,(H,14,15)(H,16,17). The zero-order valence-corrected chi connectivity index (χ0v) is 8.61. The molecule has 2 rings (SSSR count). The Kier molecular flexibility index (Phi) is 2.79. The van der Waals surface area contributed by atoms with Gasteiger partial charge in [-0.05, 0) is 6.07 Å². The average molecular weight is 241 g/mol. The molecular formula is C11H9F2NO3. The average Bonchev–Trinajstić information content (AvgIpc) is 2.60. The lowest BCUT2D eigenvalue weighted by molar-refractivity contribution is -0.142. The van der Waals surface area contributed by atoms with E-state index in [0.29, 0.717) is 6.07 Å². The summed E-state index contributed by atoms with van der Waals surface area (Å²) in [7, 11) is 0. The highest BCUT2D eigenvalue weighted by molar-refractivity contribution is 5.87. The van der Waals surface area contributed by atoms with Crippen molar-refractivity contribution in [1.82, 2.24) is 5.32 Å². The summed E-state index contributed by atoms with van der Waals surface area (Å²) in [6, 6.07) is 1.90. The Morgan fingerprint density at radius 2 is 2.12 bits per heavy atom. The Balaban J connectivity index is 2.38. The minimum atomic E-state index is -1.18. The number of hydrogen-bond acceptors (Lipinski definition) is 2. The Morgan fingerprint density at radius 1 is 1.41 bits per heavy atom. The molecule has 1 heterocycles. The van der Waals surface area contributed by atoms with Crippen molar-refractivity contribution >= 4 is 11.9 Å². The van der Waals surface area contributed by atoms with Crippen LogP contribution in [0.5, 0.6) is 0 Å². The van der Waals surface area contributed by atoms with E-state index in [1.54, 1.807) is 0 Å². The minimum absolute atomic E-state index is 0.00958. The third-order valence-electron chi connectivity index (χ3n) is 2.74. The van der Waals surface area contributed by atoms with Crippen LogP contribution >= 0.6 is 0 Å². The zero-order valence-electron chi connectivity index (χ0n) is 8.61. The lowest BCUT2D eigenvalue weighted by atomic mass is 9.94. The van der Waals surface area contributed by atoms with Gasteiger partial charge in [-0.15, -0.1) is 0 Å². The molecule has 0 aliphatic carbocycles. The van der Waals surface area contributed by atoms with Crippen LogP contribution in [0.15, 0.2) is 18.2 Å². The van der Waals surface area contributed by atoms with Gasteiger partial charge in [0.15, 0.2) is 0 Å². The smallest absolute Gasteiger partial charge is 0.309 e. The van der Waals surface area contributed by atoms with Crippen LogP contribution in [0, 0.1) is 17.6 Å². The molecule has 1 aliphatic rings. The highest BCUT2D eigenvalue weighted by Gasteiger charge is 2.39. The third kappa shape index (κ3) is 2.11. The molecule has 2 unspecified atom stereocenters. The number of rotatable bonds is 2. The molecule has 6 heteroatoms. The monoisotopic (exact) mass is 241 g/mol. The predicted molar refractivity (Wildman–Crippen MR) is 53.0 cm³/mol. The van der Waals surface area contributed by atoms with E-state index in [1.165, 1.54) is 0 Å². The largest absolute Gasteiger partial charge is 0.481 e. The number of carbonyl (C=O) groups excluding carboxylic acids is 1. The second-order valence-electron chi connectivity index (χ2n) is 3.86. The topological polar surface area (TPSA) is 66.4 Å². The van der Waals surface area contributed by atoms with Gasteiger partial charge in [0.2, 0.25) is 5.91 Å². The summed E-state index contributed by atoms with van der Waals surface area (Å²) in [6.45, 7) is 0. The van der Waals surface area contributed by atoms with Gasteiger partial charge < -0.3 is 10.4 Å². The van der Waals surface area contributed by atoms with Gasteiger partial charge in [0.25, 0.3) is 0 Å². The van der Waals surface area contributed by atoms with E-state index in [1.807, 2.05) is 0 Å². The molecule has 90 valence electrons. The number of hydrogen-bond donors (Lipinski definition) is 2. The van der Waals surface area contributed by atoms with E-state index in [-0.39, 0.29) is 12.0 Å². The number of carboxylic acid groups (broad SMARTS) is 1. The fourth-order valence-electron chi connectivity index (χ4n) is 1.93. The van der Waals surface area contributed by atoms with Crippen molar-refractivity contribution in [3.05, 3.63) is 35.4 Å². The normalized spacial score (nSPS) is 23.5. The van der Waals surface area contributed by atoms with E-state index < -0.39 is 35.5 Å². The summed E-state index contributed by atoms with van der Waals surface area (Å²) in [6.07, 6.45) is -0.198. The third-order valence-corrected chi connectivity index (χ3v) is 2.74. The van der Waals surface area contributed by atoms with Crippen molar-refractivity contribution in [3.8, 4) is 0 Å². The van der Waals surface area contributed by atoms with E-state index in [0.717, 1.165) is 12.1 Å². The first-order chi connectivity index (χ1) is 7.99. The second kappa shape index (κ2) is 4.12. The van der Waals surface area contributed by atoms with Gasteiger partial charge in [-0.2, -0.15) is 0 Å². The Hall–Kier alpha value is -1.98. The number of aliphatic carboxylic acids is 1. The number of nitrogens with one attached hydrogen (secondary N) is 1. The van der Waals surface area contributed by atoms with Crippen molar-refractivity contribution in [2.75, 3.05) is 0 Å². The van der Waals surface area contributed by atoms with Gasteiger partial charge >= 0.3 is 5.97 Å². The van der Waals surface area contributed by atoms with E-state index in [9.17, 15) is 18.4 Å². The molecule has 0 spiro atoms. The maximum Gasteiger partial charge on any atom is 0.309 e. The first kappa shape index (κ1) is 11.5. The Bertz CT molecular complexity index is 490. The van der Waals surface area contributed by atoms with E-state index in [2.05, 4.69) is 5.32 Å². The lowest BCUT2D eigenvalue weighted by Crippen LogP contribution is -2.25. The van der Waals surface area contributed by atoms with Crippen LogP contribution in [0.25, 0.3) is 0 Å². The van der Waals surface area contributed by atoms with Crippen LogP contribution in [0.3, 0.4) is 0 Å². The summed E-state index contributed by atoms with van der Waals surface area (Å²) in [5, 5.41) is 11.3. The first-order valence-electron chi connectivity index (χ1n) is 4.96. The quantitative estimate of drug-likeness (QED) is 0.818. The maximum atomic E-state index is 13.5. The molecule has 1 aromatic carbocycles. The van der Waals surface area contributed by atoms with Crippen LogP contribution in [0.1, 0.15) is 18.0 Å². The van der Waals surface area contributed by atoms with Gasteiger partial charge in [0.1, 0.15) is 11.6 Å². The molecule has 0 saturated carbocycles. The van der Waals surface area contributed by atoms with Crippen molar-refractivity contribution in [3.63, 3.8) is 0 Å². The molecule has 1 saturated heterocycles. The summed E-state index contributed by atoms with van der Waals surface area (Å²) in [5.74, 6) is -4.27. The molecule has 1 fully saturated rings. The molecule has 1 aliphatic heterocycles. The minimum Gasteiger partial charge on any atom is -0.481 e. The predicted octanol–water partition coefficient (Wildman–Crippen LogP) is 1.23. The SMILES string of the molecule is O=C1CC(C(=O)O)C(c2ccc(F)cc2F)N1.